The number of carbonyl (C=O) groups is 1. The summed E-state index contributed by atoms with van der Waals surface area (Å²) in [5.41, 5.74) is 1.36. The number of carbonyl (C=O) groups excluding carboxylic acids is 1. The van der Waals surface area contributed by atoms with Crippen molar-refractivity contribution >= 4 is 21.6 Å². The number of amides is 1. The van der Waals surface area contributed by atoms with E-state index >= 15 is 0 Å². The monoisotopic (exact) mass is 376 g/mol. The molecule has 1 saturated heterocycles. The lowest BCUT2D eigenvalue weighted by molar-refractivity contribution is -0.116. The minimum atomic E-state index is -3.52. The van der Waals surface area contributed by atoms with Crippen LogP contribution in [-0.2, 0) is 21.2 Å². The highest BCUT2D eigenvalue weighted by Crippen LogP contribution is 2.25. The lowest BCUT2D eigenvalue weighted by Gasteiger charge is -2.26. The molecule has 1 aliphatic heterocycles. The first-order chi connectivity index (χ1) is 12.5. The van der Waals surface area contributed by atoms with Gasteiger partial charge in [-0.1, -0.05) is 12.5 Å². The van der Waals surface area contributed by atoms with E-state index < -0.39 is 10.0 Å². The minimum Gasteiger partial charge on any atom is -0.469 e. The fourth-order valence-corrected chi connectivity index (χ4v) is 4.60. The Labute approximate surface area is 154 Å². The maximum Gasteiger partial charge on any atom is 0.243 e. The number of anilines is 1. The van der Waals surface area contributed by atoms with Crippen LogP contribution in [0.2, 0.25) is 0 Å². The van der Waals surface area contributed by atoms with Crippen LogP contribution in [0.3, 0.4) is 0 Å². The molecule has 1 aliphatic rings. The van der Waals surface area contributed by atoms with E-state index in [-0.39, 0.29) is 17.2 Å². The molecule has 0 bridgehead atoms. The van der Waals surface area contributed by atoms with Crippen LogP contribution in [0.1, 0.15) is 37.0 Å². The zero-order valence-electron chi connectivity index (χ0n) is 14.9. The second-order valence-electron chi connectivity index (χ2n) is 6.57. The zero-order valence-corrected chi connectivity index (χ0v) is 15.7. The van der Waals surface area contributed by atoms with E-state index in [0.29, 0.717) is 25.2 Å². The molecule has 0 aliphatic carbocycles. The average Bonchev–Trinajstić information content (AvgIpc) is 3.16. The summed E-state index contributed by atoms with van der Waals surface area (Å²) in [6.45, 7) is 2.96. The maximum absolute atomic E-state index is 12.8. The van der Waals surface area contributed by atoms with Gasteiger partial charge >= 0.3 is 0 Å². The van der Waals surface area contributed by atoms with E-state index in [1.165, 1.54) is 4.31 Å². The average molecular weight is 376 g/mol. The Kier molecular flexibility index (Phi) is 5.78. The summed E-state index contributed by atoms with van der Waals surface area (Å²) in [4.78, 5) is 12.4. The second kappa shape index (κ2) is 8.05. The Hall–Kier alpha value is -2.12. The predicted octanol–water partition coefficient (Wildman–Crippen LogP) is 3.33. The van der Waals surface area contributed by atoms with Crippen molar-refractivity contribution in [3.05, 3.63) is 47.9 Å². The number of hydrogen-bond donors (Lipinski definition) is 1. The van der Waals surface area contributed by atoms with Gasteiger partial charge in [-0.15, -0.1) is 0 Å². The highest BCUT2D eigenvalue weighted by molar-refractivity contribution is 7.89. The molecule has 1 N–H and O–H groups in total. The number of piperidine rings is 1. The third-order valence-electron chi connectivity index (χ3n) is 4.61. The van der Waals surface area contributed by atoms with Gasteiger partial charge in [0, 0.05) is 31.6 Å². The number of nitrogens with zero attached hydrogens (tertiary/aromatic N) is 1. The topological polar surface area (TPSA) is 79.6 Å². The third-order valence-corrected chi connectivity index (χ3v) is 6.51. The van der Waals surface area contributed by atoms with Crippen molar-refractivity contribution in [2.24, 2.45) is 0 Å². The van der Waals surface area contributed by atoms with Gasteiger partial charge in [0.15, 0.2) is 0 Å². The summed E-state index contributed by atoms with van der Waals surface area (Å²) in [7, 11) is -3.52. The summed E-state index contributed by atoms with van der Waals surface area (Å²) in [5.74, 6) is 0.579. The first kappa shape index (κ1) is 18.7. The lowest BCUT2D eigenvalue weighted by atomic mass is 10.2. The highest BCUT2D eigenvalue weighted by Gasteiger charge is 2.26. The Morgan fingerprint density at radius 3 is 2.65 bits per heavy atom. The van der Waals surface area contributed by atoms with E-state index in [1.807, 2.05) is 13.0 Å². The summed E-state index contributed by atoms with van der Waals surface area (Å²) in [5, 5.41) is 2.82. The molecule has 1 aromatic heterocycles. The summed E-state index contributed by atoms with van der Waals surface area (Å²) in [6, 6.07) is 8.51. The van der Waals surface area contributed by atoms with Gasteiger partial charge in [0.05, 0.1) is 11.2 Å². The molecule has 7 heteroatoms. The fraction of sp³-hybridized carbons (Fsp3) is 0.421. The van der Waals surface area contributed by atoms with E-state index in [2.05, 4.69) is 5.32 Å². The number of benzene rings is 1. The number of furan rings is 1. The SMILES string of the molecule is Cc1ccc(S(=O)(=O)N2CCCCC2)cc1NC(=O)CCc1ccco1. The van der Waals surface area contributed by atoms with Crippen molar-refractivity contribution in [2.45, 2.75) is 43.9 Å². The molecule has 0 spiro atoms. The normalized spacial score (nSPS) is 15.7. The first-order valence-corrected chi connectivity index (χ1v) is 10.3. The summed E-state index contributed by atoms with van der Waals surface area (Å²) in [6.07, 6.45) is 5.20. The Balaban J connectivity index is 1.71. The van der Waals surface area contributed by atoms with Gasteiger partial charge in [0.2, 0.25) is 15.9 Å². The third kappa shape index (κ3) is 4.34. The van der Waals surface area contributed by atoms with Gasteiger partial charge in [-0.3, -0.25) is 4.79 Å². The molecule has 6 nitrogen and oxygen atoms in total. The summed E-state index contributed by atoms with van der Waals surface area (Å²) < 4.78 is 32.4. The number of nitrogens with one attached hydrogen (secondary N) is 1. The van der Waals surface area contributed by atoms with Crippen LogP contribution >= 0.6 is 0 Å². The van der Waals surface area contributed by atoms with Crippen LogP contribution in [-0.4, -0.2) is 31.7 Å². The standard InChI is InChI=1S/C19H24N2O4S/c1-15-7-9-17(26(23,24)21-11-3-2-4-12-21)14-18(15)20-19(22)10-8-16-6-5-13-25-16/h5-7,9,13-14H,2-4,8,10-12H2,1H3,(H,20,22). The molecular weight excluding hydrogens is 352 g/mol. The quantitative estimate of drug-likeness (QED) is 0.839. The molecule has 1 aromatic carbocycles. The van der Waals surface area contributed by atoms with Crippen LogP contribution in [0.5, 0.6) is 0 Å². The van der Waals surface area contributed by atoms with Gasteiger partial charge in [0.25, 0.3) is 0 Å². The van der Waals surface area contributed by atoms with Gasteiger partial charge in [-0.05, 0) is 49.6 Å². The summed E-state index contributed by atoms with van der Waals surface area (Å²) >= 11 is 0. The lowest BCUT2D eigenvalue weighted by Crippen LogP contribution is -2.35. The van der Waals surface area contributed by atoms with Crippen molar-refractivity contribution in [1.29, 1.82) is 0 Å². The van der Waals surface area contributed by atoms with Crippen LogP contribution < -0.4 is 5.32 Å². The molecule has 2 aromatic rings. The second-order valence-corrected chi connectivity index (χ2v) is 8.51. The van der Waals surface area contributed by atoms with Crippen molar-refractivity contribution in [2.75, 3.05) is 18.4 Å². The molecular formula is C19H24N2O4S. The molecule has 1 fully saturated rings. The Morgan fingerprint density at radius 2 is 1.96 bits per heavy atom. The van der Waals surface area contributed by atoms with Crippen LogP contribution in [0.4, 0.5) is 5.69 Å². The van der Waals surface area contributed by atoms with Crippen LogP contribution in [0.15, 0.2) is 45.9 Å². The van der Waals surface area contributed by atoms with E-state index in [9.17, 15) is 13.2 Å². The van der Waals surface area contributed by atoms with Gasteiger partial charge in [0.1, 0.15) is 5.76 Å². The van der Waals surface area contributed by atoms with Gasteiger partial charge in [-0.25, -0.2) is 8.42 Å². The predicted molar refractivity (Wildman–Crippen MR) is 99.4 cm³/mol. The molecule has 3 rings (SSSR count). The van der Waals surface area contributed by atoms with Crippen molar-refractivity contribution in [3.63, 3.8) is 0 Å². The first-order valence-electron chi connectivity index (χ1n) is 8.90. The molecule has 26 heavy (non-hydrogen) atoms. The molecule has 2 heterocycles. The molecule has 140 valence electrons. The van der Waals surface area contributed by atoms with Gasteiger partial charge < -0.3 is 9.73 Å². The van der Waals surface area contributed by atoms with E-state index in [1.54, 1.807) is 30.5 Å². The van der Waals surface area contributed by atoms with Crippen molar-refractivity contribution in [1.82, 2.24) is 4.31 Å². The Morgan fingerprint density at radius 1 is 1.19 bits per heavy atom. The number of rotatable bonds is 6. The van der Waals surface area contributed by atoms with Crippen molar-refractivity contribution < 1.29 is 17.6 Å². The smallest absolute Gasteiger partial charge is 0.243 e. The van der Waals surface area contributed by atoms with E-state index in [4.69, 9.17) is 4.42 Å². The number of aryl methyl sites for hydroxylation is 2. The van der Waals surface area contributed by atoms with Gasteiger partial charge in [-0.2, -0.15) is 4.31 Å². The molecule has 1 amide bonds. The van der Waals surface area contributed by atoms with Crippen LogP contribution in [0.25, 0.3) is 0 Å². The number of hydrogen-bond acceptors (Lipinski definition) is 4. The maximum atomic E-state index is 12.8. The minimum absolute atomic E-state index is 0.169. The number of sulfonamides is 1. The molecule has 0 atom stereocenters. The molecule has 0 unspecified atom stereocenters. The van der Waals surface area contributed by atoms with Crippen molar-refractivity contribution in [3.8, 4) is 0 Å². The highest BCUT2D eigenvalue weighted by atomic mass is 32.2. The largest absolute Gasteiger partial charge is 0.469 e. The van der Waals surface area contributed by atoms with Crippen LogP contribution in [0, 0.1) is 6.92 Å². The fourth-order valence-electron chi connectivity index (χ4n) is 3.05. The zero-order chi connectivity index (χ0) is 18.6. The van der Waals surface area contributed by atoms with E-state index in [0.717, 1.165) is 30.6 Å². The molecule has 0 saturated carbocycles. The Bertz CT molecular complexity index is 854. The molecule has 0 radical (unpaired) electrons.